The Morgan fingerprint density at radius 3 is 2.90 bits per heavy atom. The number of amides is 1. The van der Waals surface area contributed by atoms with Crippen LogP contribution in [0.2, 0.25) is 0 Å². The van der Waals surface area contributed by atoms with Crippen molar-refractivity contribution in [3.05, 3.63) is 48.1 Å². The van der Waals surface area contributed by atoms with E-state index >= 15 is 0 Å². The van der Waals surface area contributed by atoms with Crippen molar-refractivity contribution in [2.24, 2.45) is 4.99 Å². The van der Waals surface area contributed by atoms with Gasteiger partial charge in [0.1, 0.15) is 11.7 Å². The van der Waals surface area contributed by atoms with Crippen molar-refractivity contribution >= 4 is 17.4 Å². The Kier molecular flexibility index (Phi) is 6.18. The highest BCUT2D eigenvalue weighted by Crippen LogP contribution is 2.39. The zero-order chi connectivity index (χ0) is 22.0. The molecule has 0 spiro atoms. The molecule has 0 bridgehead atoms. The van der Waals surface area contributed by atoms with E-state index in [4.69, 9.17) is 0 Å². The number of rotatable bonds is 5. The minimum atomic E-state index is -0.158. The number of anilines is 1. The van der Waals surface area contributed by atoms with E-state index < -0.39 is 0 Å². The molecular formula is C23H29FN6O. The number of likely N-dealkylation sites (N-methyl/N-ethyl adjacent to an activating group) is 1. The number of aromatic nitrogens is 2. The Morgan fingerprint density at radius 1 is 1.32 bits per heavy atom. The van der Waals surface area contributed by atoms with Gasteiger partial charge in [0, 0.05) is 56.0 Å². The summed E-state index contributed by atoms with van der Waals surface area (Å²) in [6.07, 6.45) is 6.42. The summed E-state index contributed by atoms with van der Waals surface area (Å²) in [5, 5.41) is 11.0. The number of fused-ring (bicyclic) bond motifs is 1. The fourth-order valence-corrected chi connectivity index (χ4v) is 4.34. The SMILES string of the molecule is CNCCn1cc(-c2ccc3c(c2)[C@H](NC2=NCCC(F)=C2)C[C@H](C)N3C(C)=O)cn1. The molecule has 3 heterocycles. The van der Waals surface area contributed by atoms with Gasteiger partial charge in [0.2, 0.25) is 5.91 Å². The topological polar surface area (TPSA) is 74.6 Å². The summed E-state index contributed by atoms with van der Waals surface area (Å²) in [5.41, 5.74) is 3.95. The molecule has 1 aromatic carbocycles. The summed E-state index contributed by atoms with van der Waals surface area (Å²) in [6.45, 7) is 5.72. The predicted molar refractivity (Wildman–Crippen MR) is 121 cm³/mol. The molecule has 7 nitrogen and oxygen atoms in total. The third kappa shape index (κ3) is 4.54. The molecule has 2 N–H and O–H groups in total. The first-order valence-corrected chi connectivity index (χ1v) is 10.7. The number of amidine groups is 1. The third-order valence-electron chi connectivity index (χ3n) is 5.83. The molecule has 8 heteroatoms. The maximum atomic E-state index is 13.8. The van der Waals surface area contributed by atoms with Crippen LogP contribution in [0.1, 0.15) is 38.3 Å². The predicted octanol–water partition coefficient (Wildman–Crippen LogP) is 3.20. The van der Waals surface area contributed by atoms with E-state index in [2.05, 4.69) is 26.8 Å². The molecule has 2 atom stereocenters. The van der Waals surface area contributed by atoms with Crippen LogP contribution in [0.4, 0.5) is 10.1 Å². The summed E-state index contributed by atoms with van der Waals surface area (Å²) in [7, 11) is 1.92. The van der Waals surface area contributed by atoms with E-state index in [1.807, 2.05) is 48.1 Å². The molecule has 164 valence electrons. The minimum Gasteiger partial charge on any atom is -0.363 e. The number of nitrogens with one attached hydrogen (secondary N) is 2. The van der Waals surface area contributed by atoms with Crippen molar-refractivity contribution in [2.75, 3.05) is 25.0 Å². The molecule has 2 aromatic rings. The summed E-state index contributed by atoms with van der Waals surface area (Å²) in [6, 6.07) is 6.09. The van der Waals surface area contributed by atoms with Gasteiger partial charge in [-0.2, -0.15) is 5.10 Å². The van der Waals surface area contributed by atoms with Crippen LogP contribution < -0.4 is 15.5 Å². The quantitative estimate of drug-likeness (QED) is 0.773. The number of carbonyl (C=O) groups is 1. The third-order valence-corrected chi connectivity index (χ3v) is 5.83. The molecule has 0 fully saturated rings. The molecule has 1 amide bonds. The van der Waals surface area contributed by atoms with E-state index in [0.717, 1.165) is 35.5 Å². The fourth-order valence-electron chi connectivity index (χ4n) is 4.34. The lowest BCUT2D eigenvalue weighted by atomic mass is 9.89. The Hall–Kier alpha value is -3.00. The van der Waals surface area contributed by atoms with Crippen molar-refractivity contribution in [1.29, 1.82) is 0 Å². The Labute approximate surface area is 182 Å². The van der Waals surface area contributed by atoms with E-state index in [9.17, 15) is 9.18 Å². The molecule has 2 aliphatic heterocycles. The highest BCUT2D eigenvalue weighted by molar-refractivity contribution is 5.96. The van der Waals surface area contributed by atoms with Crippen LogP contribution in [0.15, 0.2) is 47.5 Å². The molecule has 0 saturated heterocycles. The fraction of sp³-hybridized carbons (Fsp3) is 0.435. The number of nitrogens with zero attached hydrogens (tertiary/aromatic N) is 4. The van der Waals surface area contributed by atoms with E-state index in [1.165, 1.54) is 6.08 Å². The average molecular weight is 425 g/mol. The van der Waals surface area contributed by atoms with Gasteiger partial charge in [-0.1, -0.05) is 6.07 Å². The van der Waals surface area contributed by atoms with Gasteiger partial charge in [-0.15, -0.1) is 0 Å². The Morgan fingerprint density at radius 2 is 2.16 bits per heavy atom. The zero-order valence-corrected chi connectivity index (χ0v) is 18.2. The lowest BCUT2D eigenvalue weighted by Crippen LogP contribution is -2.45. The lowest BCUT2D eigenvalue weighted by molar-refractivity contribution is -0.117. The van der Waals surface area contributed by atoms with E-state index in [-0.39, 0.29) is 23.8 Å². The summed E-state index contributed by atoms with van der Waals surface area (Å²) < 4.78 is 15.7. The van der Waals surface area contributed by atoms with Gasteiger partial charge in [-0.25, -0.2) is 4.39 Å². The molecule has 1 aromatic heterocycles. The number of carbonyl (C=O) groups excluding carboxylic acids is 1. The van der Waals surface area contributed by atoms with Gasteiger partial charge in [0.25, 0.3) is 0 Å². The number of dihydropyridines is 1. The van der Waals surface area contributed by atoms with Crippen molar-refractivity contribution in [3.63, 3.8) is 0 Å². The van der Waals surface area contributed by atoms with Crippen LogP contribution >= 0.6 is 0 Å². The second-order valence-electron chi connectivity index (χ2n) is 8.15. The number of benzene rings is 1. The van der Waals surface area contributed by atoms with Gasteiger partial charge >= 0.3 is 0 Å². The highest BCUT2D eigenvalue weighted by atomic mass is 19.1. The highest BCUT2D eigenvalue weighted by Gasteiger charge is 2.33. The smallest absolute Gasteiger partial charge is 0.224 e. The minimum absolute atomic E-state index is 0.0146. The monoisotopic (exact) mass is 424 g/mol. The molecule has 0 saturated carbocycles. The Bertz CT molecular complexity index is 1030. The van der Waals surface area contributed by atoms with Gasteiger partial charge in [0.05, 0.1) is 18.8 Å². The second kappa shape index (κ2) is 9.01. The van der Waals surface area contributed by atoms with Crippen LogP contribution in [0, 0.1) is 0 Å². The molecule has 0 radical (unpaired) electrons. The molecule has 0 unspecified atom stereocenters. The molecular weight excluding hydrogens is 395 g/mol. The average Bonchev–Trinajstić information content (AvgIpc) is 3.21. The largest absolute Gasteiger partial charge is 0.363 e. The Balaban J connectivity index is 1.69. The van der Waals surface area contributed by atoms with Crippen molar-refractivity contribution < 1.29 is 9.18 Å². The van der Waals surface area contributed by atoms with Crippen LogP contribution in [0.3, 0.4) is 0 Å². The zero-order valence-electron chi connectivity index (χ0n) is 18.2. The van der Waals surface area contributed by atoms with Gasteiger partial charge < -0.3 is 15.5 Å². The molecule has 2 aliphatic rings. The maximum Gasteiger partial charge on any atom is 0.224 e. The maximum absolute atomic E-state index is 13.8. The summed E-state index contributed by atoms with van der Waals surface area (Å²) in [5.74, 6) is 0.420. The van der Waals surface area contributed by atoms with Crippen LogP contribution in [-0.2, 0) is 11.3 Å². The molecule has 0 aliphatic carbocycles. The molecule has 4 rings (SSSR count). The first-order valence-electron chi connectivity index (χ1n) is 10.7. The second-order valence-corrected chi connectivity index (χ2v) is 8.15. The standard InChI is InChI=1S/C23H29FN6O/c1-15-10-21(28-23-12-19(24)6-7-26-23)20-11-17(4-5-22(20)30(15)16(2)31)18-13-27-29(14-18)9-8-25-3/h4-5,11-15,21,25H,6-10H2,1-3H3,(H,26,28)/t15-,21+/m0/s1. The number of hydrogen-bond acceptors (Lipinski definition) is 5. The summed E-state index contributed by atoms with van der Waals surface area (Å²) >= 11 is 0. The van der Waals surface area contributed by atoms with Gasteiger partial charge in [-0.05, 0) is 43.7 Å². The van der Waals surface area contributed by atoms with E-state index in [0.29, 0.717) is 25.2 Å². The van der Waals surface area contributed by atoms with Crippen molar-refractivity contribution in [3.8, 4) is 11.1 Å². The number of hydrogen-bond donors (Lipinski definition) is 2. The van der Waals surface area contributed by atoms with E-state index in [1.54, 1.807) is 6.92 Å². The van der Waals surface area contributed by atoms with Gasteiger partial charge in [0.15, 0.2) is 0 Å². The van der Waals surface area contributed by atoms with Crippen molar-refractivity contribution in [2.45, 2.75) is 45.3 Å². The first-order chi connectivity index (χ1) is 15.0. The lowest BCUT2D eigenvalue weighted by Gasteiger charge is -2.39. The summed E-state index contributed by atoms with van der Waals surface area (Å²) in [4.78, 5) is 18.6. The van der Waals surface area contributed by atoms with Crippen LogP contribution in [0.5, 0.6) is 0 Å². The van der Waals surface area contributed by atoms with Gasteiger partial charge in [-0.3, -0.25) is 14.5 Å². The number of aliphatic imine (C=N–C) groups is 1. The van der Waals surface area contributed by atoms with Crippen molar-refractivity contribution in [1.82, 2.24) is 20.4 Å². The number of halogens is 1. The van der Waals surface area contributed by atoms with Crippen LogP contribution in [-0.4, -0.2) is 47.7 Å². The normalized spacial score (nSPS) is 20.7. The van der Waals surface area contributed by atoms with Crippen LogP contribution in [0.25, 0.3) is 11.1 Å². The first kappa shape index (κ1) is 21.2. The molecule has 31 heavy (non-hydrogen) atoms.